The average molecular weight is 482 g/mol. The summed E-state index contributed by atoms with van der Waals surface area (Å²) in [6, 6.07) is 14.3. The predicted molar refractivity (Wildman–Crippen MR) is 120 cm³/mol. The molecule has 3 rings (SSSR count). The number of aliphatic imine (C=N–C) groups is 1. The van der Waals surface area contributed by atoms with Gasteiger partial charge in [0.15, 0.2) is 5.96 Å². The standard InChI is InChI=1S/C19H22N4OS.HI/c1-14-12-22-18(25-14)13-23-19(20-2)21-10-11-24-17-9-5-7-15-6-3-4-8-16(15)17;/h3-9,12H,10-11,13H2,1-2H3,(H2,20,21,23);1H. The number of rotatable bonds is 6. The lowest BCUT2D eigenvalue weighted by molar-refractivity contribution is 0.325. The first-order valence-electron chi connectivity index (χ1n) is 8.22. The number of hydrogen-bond acceptors (Lipinski definition) is 4. The number of benzene rings is 2. The summed E-state index contributed by atoms with van der Waals surface area (Å²) in [5.74, 6) is 1.65. The molecule has 0 saturated carbocycles. The molecule has 0 spiro atoms. The Balaban J connectivity index is 0.00000243. The lowest BCUT2D eigenvalue weighted by Gasteiger charge is -2.12. The van der Waals surface area contributed by atoms with Gasteiger partial charge in [-0.3, -0.25) is 4.99 Å². The Morgan fingerprint density at radius 2 is 1.96 bits per heavy atom. The van der Waals surface area contributed by atoms with E-state index in [0.29, 0.717) is 19.7 Å². The van der Waals surface area contributed by atoms with Crippen LogP contribution in [0.25, 0.3) is 10.8 Å². The minimum Gasteiger partial charge on any atom is -0.491 e. The number of ether oxygens (including phenoxy) is 1. The zero-order chi connectivity index (χ0) is 17.5. The van der Waals surface area contributed by atoms with Crippen molar-refractivity contribution in [3.63, 3.8) is 0 Å². The second kappa shape index (κ2) is 10.3. The first kappa shape index (κ1) is 20.4. The normalized spacial score (nSPS) is 11.1. The fourth-order valence-electron chi connectivity index (χ4n) is 2.52. The lowest BCUT2D eigenvalue weighted by atomic mass is 10.1. The quantitative estimate of drug-likeness (QED) is 0.242. The fourth-order valence-corrected chi connectivity index (χ4v) is 3.24. The van der Waals surface area contributed by atoms with Gasteiger partial charge in [0.2, 0.25) is 0 Å². The van der Waals surface area contributed by atoms with Gasteiger partial charge < -0.3 is 15.4 Å². The zero-order valence-corrected chi connectivity index (χ0v) is 18.0. The van der Waals surface area contributed by atoms with Crippen LogP contribution in [0.1, 0.15) is 9.88 Å². The van der Waals surface area contributed by atoms with Crippen LogP contribution in [0.3, 0.4) is 0 Å². The highest BCUT2D eigenvalue weighted by Gasteiger charge is 2.03. The summed E-state index contributed by atoms with van der Waals surface area (Å²) in [5.41, 5.74) is 0. The molecule has 0 fully saturated rings. The van der Waals surface area contributed by atoms with Crippen LogP contribution in [0.4, 0.5) is 0 Å². The molecular weight excluding hydrogens is 459 g/mol. The van der Waals surface area contributed by atoms with E-state index in [-0.39, 0.29) is 24.0 Å². The van der Waals surface area contributed by atoms with Crippen LogP contribution in [-0.4, -0.2) is 31.1 Å². The fraction of sp³-hybridized carbons (Fsp3) is 0.263. The topological polar surface area (TPSA) is 58.5 Å². The van der Waals surface area contributed by atoms with Crippen molar-refractivity contribution in [2.45, 2.75) is 13.5 Å². The molecule has 138 valence electrons. The molecule has 3 aromatic rings. The van der Waals surface area contributed by atoms with E-state index in [0.717, 1.165) is 22.1 Å². The van der Waals surface area contributed by atoms with Gasteiger partial charge in [0.05, 0.1) is 13.1 Å². The van der Waals surface area contributed by atoms with Gasteiger partial charge in [-0.2, -0.15) is 0 Å². The van der Waals surface area contributed by atoms with Crippen LogP contribution in [0.15, 0.2) is 53.7 Å². The SMILES string of the molecule is CN=C(NCCOc1cccc2ccccc12)NCc1ncc(C)s1.I. The largest absolute Gasteiger partial charge is 0.491 e. The van der Waals surface area contributed by atoms with E-state index in [1.165, 1.54) is 10.3 Å². The summed E-state index contributed by atoms with van der Waals surface area (Å²) in [4.78, 5) is 9.77. The number of guanidine groups is 1. The Morgan fingerprint density at radius 1 is 1.15 bits per heavy atom. The Bertz CT molecular complexity index is 860. The van der Waals surface area contributed by atoms with Crippen molar-refractivity contribution in [1.29, 1.82) is 0 Å². The third-order valence-electron chi connectivity index (χ3n) is 3.70. The van der Waals surface area contributed by atoms with Crippen molar-refractivity contribution in [3.8, 4) is 5.75 Å². The molecule has 26 heavy (non-hydrogen) atoms. The number of nitrogens with zero attached hydrogens (tertiary/aromatic N) is 2. The maximum Gasteiger partial charge on any atom is 0.191 e. The van der Waals surface area contributed by atoms with E-state index >= 15 is 0 Å². The van der Waals surface area contributed by atoms with Gasteiger partial charge in [0, 0.05) is 23.5 Å². The van der Waals surface area contributed by atoms with Crippen LogP contribution < -0.4 is 15.4 Å². The molecule has 0 radical (unpaired) electrons. The van der Waals surface area contributed by atoms with Gasteiger partial charge in [-0.15, -0.1) is 35.3 Å². The third-order valence-corrected chi connectivity index (χ3v) is 4.61. The summed E-state index contributed by atoms with van der Waals surface area (Å²) in [6.45, 7) is 3.95. The van der Waals surface area contributed by atoms with Crippen LogP contribution in [0, 0.1) is 6.92 Å². The molecule has 2 N–H and O–H groups in total. The summed E-state index contributed by atoms with van der Waals surface area (Å²) in [6.07, 6.45) is 1.88. The Morgan fingerprint density at radius 3 is 2.73 bits per heavy atom. The molecule has 7 heteroatoms. The van der Waals surface area contributed by atoms with Gasteiger partial charge >= 0.3 is 0 Å². The summed E-state index contributed by atoms with van der Waals surface area (Å²) in [7, 11) is 1.76. The number of thiazole rings is 1. The molecule has 1 aromatic heterocycles. The second-order valence-electron chi connectivity index (χ2n) is 5.54. The van der Waals surface area contributed by atoms with Crippen molar-refractivity contribution in [2.24, 2.45) is 4.99 Å². The van der Waals surface area contributed by atoms with E-state index in [1.54, 1.807) is 18.4 Å². The van der Waals surface area contributed by atoms with Crippen LogP contribution >= 0.6 is 35.3 Å². The van der Waals surface area contributed by atoms with Crippen molar-refractivity contribution in [3.05, 3.63) is 58.5 Å². The molecule has 0 saturated heterocycles. The van der Waals surface area contributed by atoms with Crippen molar-refractivity contribution in [1.82, 2.24) is 15.6 Å². The number of aryl methyl sites for hydroxylation is 1. The molecule has 0 atom stereocenters. The number of fused-ring (bicyclic) bond motifs is 1. The predicted octanol–water partition coefficient (Wildman–Crippen LogP) is 3.97. The summed E-state index contributed by atoms with van der Waals surface area (Å²) in [5, 5.41) is 9.88. The molecule has 2 aromatic carbocycles. The van der Waals surface area contributed by atoms with Gasteiger partial charge in [-0.25, -0.2) is 4.98 Å². The number of nitrogens with one attached hydrogen (secondary N) is 2. The lowest BCUT2D eigenvalue weighted by Crippen LogP contribution is -2.38. The maximum absolute atomic E-state index is 5.92. The molecule has 0 aliphatic heterocycles. The monoisotopic (exact) mass is 482 g/mol. The van der Waals surface area contributed by atoms with Crippen molar-refractivity contribution < 1.29 is 4.74 Å². The van der Waals surface area contributed by atoms with E-state index in [9.17, 15) is 0 Å². The first-order chi connectivity index (χ1) is 12.3. The molecule has 0 bridgehead atoms. The van der Waals surface area contributed by atoms with Gasteiger partial charge in [-0.1, -0.05) is 36.4 Å². The smallest absolute Gasteiger partial charge is 0.191 e. The molecule has 0 aliphatic carbocycles. The van der Waals surface area contributed by atoms with Crippen LogP contribution in [-0.2, 0) is 6.54 Å². The Hall–Kier alpha value is -1.87. The number of hydrogen-bond donors (Lipinski definition) is 2. The minimum absolute atomic E-state index is 0. The highest BCUT2D eigenvalue weighted by atomic mass is 127. The highest BCUT2D eigenvalue weighted by Crippen LogP contribution is 2.24. The Kier molecular flexibility index (Phi) is 8.11. The molecule has 0 unspecified atom stereocenters. The summed E-state index contributed by atoms with van der Waals surface area (Å²) < 4.78 is 5.92. The maximum atomic E-state index is 5.92. The van der Waals surface area contributed by atoms with Crippen molar-refractivity contribution >= 4 is 52.0 Å². The second-order valence-corrected chi connectivity index (χ2v) is 6.86. The van der Waals surface area contributed by atoms with Crippen LogP contribution in [0.2, 0.25) is 0 Å². The van der Waals surface area contributed by atoms with E-state index < -0.39 is 0 Å². The van der Waals surface area contributed by atoms with E-state index in [4.69, 9.17) is 4.74 Å². The van der Waals surface area contributed by atoms with Gasteiger partial charge in [0.1, 0.15) is 17.4 Å². The molecule has 0 amide bonds. The third kappa shape index (κ3) is 5.57. The van der Waals surface area contributed by atoms with Crippen molar-refractivity contribution in [2.75, 3.05) is 20.2 Å². The van der Waals surface area contributed by atoms with Gasteiger partial charge in [0.25, 0.3) is 0 Å². The average Bonchev–Trinajstić information content (AvgIpc) is 3.06. The van der Waals surface area contributed by atoms with Gasteiger partial charge in [-0.05, 0) is 18.4 Å². The minimum atomic E-state index is 0. The van der Waals surface area contributed by atoms with Crippen LogP contribution in [0.5, 0.6) is 5.75 Å². The Labute approximate surface area is 174 Å². The molecule has 1 heterocycles. The van der Waals surface area contributed by atoms with E-state index in [2.05, 4.69) is 45.7 Å². The zero-order valence-electron chi connectivity index (χ0n) is 14.9. The first-order valence-corrected chi connectivity index (χ1v) is 9.04. The number of halogens is 1. The molecule has 5 nitrogen and oxygen atoms in total. The molecule has 0 aliphatic rings. The molecular formula is C19H23IN4OS. The summed E-state index contributed by atoms with van der Waals surface area (Å²) >= 11 is 1.69. The van der Waals surface area contributed by atoms with E-state index in [1.807, 2.05) is 30.5 Å². The number of aromatic nitrogens is 1. The highest BCUT2D eigenvalue weighted by molar-refractivity contribution is 14.0.